The predicted octanol–water partition coefficient (Wildman–Crippen LogP) is 2.34. The van der Waals surface area contributed by atoms with Crippen molar-refractivity contribution in [1.29, 1.82) is 0 Å². The molecule has 6 nitrogen and oxygen atoms in total. The molecule has 1 fully saturated rings. The van der Waals surface area contributed by atoms with E-state index in [1.165, 1.54) is 25.0 Å². The van der Waals surface area contributed by atoms with Crippen molar-refractivity contribution in [1.82, 2.24) is 15.4 Å². The Morgan fingerprint density at radius 1 is 1.29 bits per heavy atom. The number of rotatable bonds is 6. The molecule has 1 aliphatic rings. The number of guanidine groups is 1. The van der Waals surface area contributed by atoms with Crippen LogP contribution >= 0.6 is 35.6 Å². The van der Waals surface area contributed by atoms with Gasteiger partial charge < -0.3 is 10.6 Å². The first-order chi connectivity index (χ1) is 11.0. The number of benzene rings is 1. The van der Waals surface area contributed by atoms with E-state index in [4.69, 9.17) is 11.6 Å². The Bertz CT molecular complexity index is 649. The molecule has 24 heavy (non-hydrogen) atoms. The molecule has 0 radical (unpaired) electrons. The van der Waals surface area contributed by atoms with Crippen LogP contribution in [0.2, 0.25) is 5.02 Å². The van der Waals surface area contributed by atoms with Crippen molar-refractivity contribution < 1.29 is 8.42 Å². The van der Waals surface area contributed by atoms with Crippen molar-refractivity contribution in [3.8, 4) is 0 Å². The molecule has 1 saturated carbocycles. The molecule has 1 aromatic carbocycles. The van der Waals surface area contributed by atoms with Crippen molar-refractivity contribution in [2.75, 3.05) is 20.1 Å². The fourth-order valence-corrected chi connectivity index (χ4v) is 3.87. The number of hydrogen-bond donors (Lipinski definition) is 3. The Kier molecular flexibility index (Phi) is 9.32. The normalized spacial score (nSPS) is 15.8. The first-order valence-corrected chi connectivity index (χ1v) is 9.60. The van der Waals surface area contributed by atoms with Crippen LogP contribution in [0.15, 0.2) is 34.2 Å². The molecule has 0 amide bonds. The summed E-state index contributed by atoms with van der Waals surface area (Å²) in [6.45, 7) is 0.715. The van der Waals surface area contributed by atoms with Gasteiger partial charge in [0.15, 0.2) is 5.96 Å². The first-order valence-electron chi connectivity index (χ1n) is 7.74. The number of halogens is 2. The standard InChI is InChI=1S/C15H23ClN4O2S.HI/c1-17-15(20-13-6-2-3-7-13)18-9-10-19-23(21,22)14-8-4-5-12(16)11-14;/h4-5,8,11,13,19H,2-3,6-7,9-10H2,1H3,(H2,17,18,20);1H. The largest absolute Gasteiger partial charge is 0.355 e. The lowest BCUT2D eigenvalue weighted by atomic mass is 10.2. The van der Waals surface area contributed by atoms with E-state index in [9.17, 15) is 8.42 Å². The van der Waals surface area contributed by atoms with Crippen LogP contribution in [0, 0.1) is 0 Å². The molecule has 0 spiro atoms. The van der Waals surface area contributed by atoms with Gasteiger partial charge in [-0.2, -0.15) is 0 Å². The summed E-state index contributed by atoms with van der Waals surface area (Å²) < 4.78 is 26.8. The molecule has 0 atom stereocenters. The fourth-order valence-electron chi connectivity index (χ4n) is 2.54. The zero-order chi connectivity index (χ0) is 16.7. The smallest absolute Gasteiger partial charge is 0.240 e. The molecule has 3 N–H and O–H groups in total. The highest BCUT2D eigenvalue weighted by molar-refractivity contribution is 14.0. The Hall–Kier alpha value is -0.580. The SMILES string of the molecule is CN=C(NCCNS(=O)(=O)c1cccc(Cl)c1)NC1CCCC1.I. The van der Waals surface area contributed by atoms with Crippen LogP contribution in [-0.4, -0.2) is 40.6 Å². The monoisotopic (exact) mass is 486 g/mol. The minimum Gasteiger partial charge on any atom is -0.355 e. The van der Waals surface area contributed by atoms with E-state index >= 15 is 0 Å². The molecule has 0 saturated heterocycles. The molecule has 0 aromatic heterocycles. The summed E-state index contributed by atoms with van der Waals surface area (Å²) in [5.41, 5.74) is 0. The third kappa shape index (κ3) is 6.73. The van der Waals surface area contributed by atoms with Gasteiger partial charge in [-0.25, -0.2) is 13.1 Å². The van der Waals surface area contributed by atoms with Gasteiger partial charge in [-0.15, -0.1) is 24.0 Å². The Morgan fingerprint density at radius 3 is 2.62 bits per heavy atom. The molecule has 0 bridgehead atoms. The minimum absolute atomic E-state index is 0. The molecule has 0 heterocycles. The molecule has 2 rings (SSSR count). The fraction of sp³-hybridized carbons (Fsp3) is 0.533. The molecular formula is C15H24ClIN4O2S. The highest BCUT2D eigenvalue weighted by Crippen LogP contribution is 2.17. The minimum atomic E-state index is -3.54. The molecule has 1 aromatic rings. The van der Waals surface area contributed by atoms with E-state index in [-0.39, 0.29) is 35.4 Å². The highest BCUT2D eigenvalue weighted by Gasteiger charge is 2.16. The van der Waals surface area contributed by atoms with Crippen LogP contribution in [0.1, 0.15) is 25.7 Å². The average molecular weight is 487 g/mol. The van der Waals surface area contributed by atoms with Gasteiger partial charge in [0.05, 0.1) is 4.90 Å². The highest BCUT2D eigenvalue weighted by atomic mass is 127. The number of sulfonamides is 1. The van der Waals surface area contributed by atoms with Crippen LogP contribution in [0.4, 0.5) is 0 Å². The Labute approximate surface area is 165 Å². The van der Waals surface area contributed by atoms with Crippen molar-refractivity contribution >= 4 is 51.6 Å². The van der Waals surface area contributed by atoms with Crippen molar-refractivity contribution in [3.05, 3.63) is 29.3 Å². The molecule has 0 unspecified atom stereocenters. The van der Waals surface area contributed by atoms with Crippen LogP contribution in [0.25, 0.3) is 0 Å². The Balaban J connectivity index is 0.00000288. The second-order valence-corrected chi connectivity index (χ2v) is 7.68. The lowest BCUT2D eigenvalue weighted by Crippen LogP contribution is -2.44. The van der Waals surface area contributed by atoms with Gasteiger partial charge in [-0.3, -0.25) is 4.99 Å². The predicted molar refractivity (Wildman–Crippen MR) is 109 cm³/mol. The lowest BCUT2D eigenvalue weighted by Gasteiger charge is -2.17. The van der Waals surface area contributed by atoms with Crippen molar-refractivity contribution in [2.24, 2.45) is 4.99 Å². The van der Waals surface area contributed by atoms with E-state index in [2.05, 4.69) is 20.3 Å². The van der Waals surface area contributed by atoms with E-state index < -0.39 is 10.0 Å². The summed E-state index contributed by atoms with van der Waals surface area (Å²) in [4.78, 5) is 4.32. The van der Waals surface area contributed by atoms with Gasteiger partial charge in [0, 0.05) is 31.2 Å². The van der Waals surface area contributed by atoms with E-state index in [0.29, 0.717) is 23.6 Å². The molecule has 0 aliphatic heterocycles. The molecule has 136 valence electrons. The lowest BCUT2D eigenvalue weighted by molar-refractivity contribution is 0.578. The third-order valence-electron chi connectivity index (χ3n) is 3.74. The number of aliphatic imine (C=N–C) groups is 1. The van der Waals surface area contributed by atoms with Gasteiger partial charge in [0.25, 0.3) is 0 Å². The maximum Gasteiger partial charge on any atom is 0.240 e. The van der Waals surface area contributed by atoms with Gasteiger partial charge in [0.2, 0.25) is 10.0 Å². The second kappa shape index (κ2) is 10.4. The van der Waals surface area contributed by atoms with Crippen molar-refractivity contribution in [2.45, 2.75) is 36.6 Å². The summed E-state index contributed by atoms with van der Waals surface area (Å²) in [5, 5.41) is 6.86. The second-order valence-electron chi connectivity index (χ2n) is 5.48. The van der Waals surface area contributed by atoms with Crippen LogP contribution in [-0.2, 0) is 10.0 Å². The summed E-state index contributed by atoms with van der Waals surface area (Å²) in [6, 6.07) is 6.66. The molecular weight excluding hydrogens is 463 g/mol. The third-order valence-corrected chi connectivity index (χ3v) is 5.43. The summed E-state index contributed by atoms with van der Waals surface area (Å²) in [6.07, 6.45) is 4.80. The Morgan fingerprint density at radius 2 is 2.00 bits per heavy atom. The first kappa shape index (κ1) is 21.5. The zero-order valence-corrected chi connectivity index (χ0v) is 17.5. The molecule has 1 aliphatic carbocycles. The van der Waals surface area contributed by atoms with Gasteiger partial charge in [-0.1, -0.05) is 30.5 Å². The summed E-state index contributed by atoms with van der Waals surface area (Å²) in [7, 11) is -1.84. The van der Waals surface area contributed by atoms with Crippen molar-refractivity contribution in [3.63, 3.8) is 0 Å². The van der Waals surface area contributed by atoms with E-state index in [1.54, 1.807) is 19.2 Å². The van der Waals surface area contributed by atoms with Gasteiger partial charge in [0.1, 0.15) is 0 Å². The average Bonchev–Trinajstić information content (AvgIpc) is 3.03. The maximum atomic E-state index is 12.1. The van der Waals surface area contributed by atoms with Gasteiger partial charge in [-0.05, 0) is 31.0 Å². The van der Waals surface area contributed by atoms with Crippen LogP contribution < -0.4 is 15.4 Å². The number of nitrogens with zero attached hydrogens (tertiary/aromatic N) is 1. The molecule has 9 heteroatoms. The summed E-state index contributed by atoms with van der Waals surface area (Å²) in [5.74, 6) is 0.707. The zero-order valence-electron chi connectivity index (χ0n) is 13.6. The number of nitrogens with one attached hydrogen (secondary N) is 3. The maximum absolute atomic E-state index is 12.1. The van der Waals surface area contributed by atoms with Crippen LogP contribution in [0.3, 0.4) is 0 Å². The summed E-state index contributed by atoms with van der Waals surface area (Å²) >= 11 is 5.82. The topological polar surface area (TPSA) is 82.6 Å². The van der Waals surface area contributed by atoms with E-state index in [0.717, 1.165) is 12.8 Å². The van der Waals surface area contributed by atoms with Gasteiger partial charge >= 0.3 is 0 Å². The number of hydrogen-bond acceptors (Lipinski definition) is 3. The quantitative estimate of drug-likeness (QED) is 0.249. The van der Waals surface area contributed by atoms with E-state index in [1.807, 2.05) is 0 Å². The van der Waals surface area contributed by atoms with Crippen LogP contribution in [0.5, 0.6) is 0 Å².